The SMILES string of the molecule is COCc1cccc(NC(=O)[C@@H]2CN(S(=O)(=O)c3ccccc3)c3cc(Cl)ccc3O2)c1. The Hall–Kier alpha value is -3.07. The van der Waals surface area contributed by atoms with Gasteiger partial charge in [0.05, 0.1) is 23.7 Å². The van der Waals surface area contributed by atoms with Crippen LogP contribution in [-0.4, -0.2) is 34.1 Å². The quantitative estimate of drug-likeness (QED) is 0.584. The van der Waals surface area contributed by atoms with Crippen molar-refractivity contribution >= 4 is 38.9 Å². The lowest BCUT2D eigenvalue weighted by Gasteiger charge is -2.34. The van der Waals surface area contributed by atoms with Gasteiger partial charge >= 0.3 is 0 Å². The number of hydrogen-bond donors (Lipinski definition) is 1. The highest BCUT2D eigenvalue weighted by Gasteiger charge is 2.37. The first-order chi connectivity index (χ1) is 15.4. The molecule has 0 saturated heterocycles. The fourth-order valence-electron chi connectivity index (χ4n) is 3.44. The smallest absolute Gasteiger partial charge is 0.267 e. The molecule has 1 aliphatic heterocycles. The van der Waals surface area contributed by atoms with Gasteiger partial charge in [0.15, 0.2) is 6.10 Å². The maximum absolute atomic E-state index is 13.4. The molecular weight excluding hydrogens is 452 g/mol. The zero-order valence-electron chi connectivity index (χ0n) is 17.2. The zero-order chi connectivity index (χ0) is 22.7. The maximum Gasteiger partial charge on any atom is 0.267 e. The fraction of sp³-hybridized carbons (Fsp3) is 0.174. The van der Waals surface area contributed by atoms with Crippen LogP contribution in [0, 0.1) is 0 Å². The predicted octanol–water partition coefficient (Wildman–Crippen LogP) is 4.08. The monoisotopic (exact) mass is 472 g/mol. The van der Waals surface area contributed by atoms with E-state index in [1.165, 1.54) is 22.5 Å². The number of anilines is 2. The van der Waals surface area contributed by atoms with Crippen molar-refractivity contribution in [2.24, 2.45) is 0 Å². The van der Waals surface area contributed by atoms with Gasteiger partial charge in [0, 0.05) is 17.8 Å². The molecule has 4 rings (SSSR count). The number of carbonyl (C=O) groups excluding carboxylic acids is 1. The van der Waals surface area contributed by atoms with Gasteiger partial charge in [0.25, 0.3) is 15.9 Å². The highest BCUT2D eigenvalue weighted by molar-refractivity contribution is 7.92. The highest BCUT2D eigenvalue weighted by Crippen LogP contribution is 2.39. The van der Waals surface area contributed by atoms with Gasteiger partial charge < -0.3 is 14.8 Å². The predicted molar refractivity (Wildman–Crippen MR) is 123 cm³/mol. The number of fused-ring (bicyclic) bond motifs is 1. The standard InChI is InChI=1S/C23H21ClN2O5S/c1-30-15-16-6-5-7-18(12-16)25-23(27)22-14-26(20-13-17(24)10-11-21(20)31-22)32(28,29)19-8-3-2-4-9-19/h2-13,22H,14-15H2,1H3,(H,25,27)/t22-/m0/s1. The third kappa shape index (κ3) is 4.57. The number of carbonyl (C=O) groups is 1. The molecule has 3 aromatic carbocycles. The Morgan fingerprint density at radius 2 is 1.91 bits per heavy atom. The fourth-order valence-corrected chi connectivity index (χ4v) is 5.09. The third-order valence-electron chi connectivity index (χ3n) is 4.92. The zero-order valence-corrected chi connectivity index (χ0v) is 18.8. The molecule has 1 N–H and O–H groups in total. The lowest BCUT2D eigenvalue weighted by molar-refractivity contribution is -0.122. The Labute approximate surface area is 191 Å². The lowest BCUT2D eigenvalue weighted by Crippen LogP contribution is -2.48. The normalized spacial score (nSPS) is 15.6. The molecule has 9 heteroatoms. The summed E-state index contributed by atoms with van der Waals surface area (Å²) in [4.78, 5) is 13.1. The summed E-state index contributed by atoms with van der Waals surface area (Å²) in [6.45, 7) is 0.203. The first kappa shape index (κ1) is 22.1. The number of benzene rings is 3. The molecule has 166 valence electrons. The van der Waals surface area contributed by atoms with Gasteiger partial charge in [0.2, 0.25) is 0 Å². The molecular formula is C23H21ClN2O5S. The van der Waals surface area contributed by atoms with Crippen molar-refractivity contribution in [1.82, 2.24) is 0 Å². The van der Waals surface area contributed by atoms with Crippen LogP contribution < -0.4 is 14.4 Å². The van der Waals surface area contributed by atoms with Crippen molar-refractivity contribution in [2.75, 3.05) is 23.3 Å². The summed E-state index contributed by atoms with van der Waals surface area (Å²) in [5.74, 6) is -0.207. The van der Waals surface area contributed by atoms with Crippen LogP contribution in [0.5, 0.6) is 5.75 Å². The molecule has 32 heavy (non-hydrogen) atoms. The Balaban J connectivity index is 1.65. The van der Waals surface area contributed by atoms with E-state index in [2.05, 4.69) is 5.32 Å². The number of amides is 1. The summed E-state index contributed by atoms with van der Waals surface area (Å²) in [7, 11) is -2.36. The molecule has 1 atom stereocenters. The van der Waals surface area contributed by atoms with Crippen molar-refractivity contribution in [3.63, 3.8) is 0 Å². The summed E-state index contributed by atoms with van der Waals surface area (Å²) in [5.41, 5.74) is 1.74. The molecule has 0 fully saturated rings. The van der Waals surface area contributed by atoms with Gasteiger partial charge in [-0.15, -0.1) is 0 Å². The summed E-state index contributed by atoms with van der Waals surface area (Å²) in [6, 6.07) is 19.9. The third-order valence-corrected chi connectivity index (χ3v) is 6.95. The first-order valence-corrected chi connectivity index (χ1v) is 11.6. The molecule has 0 aromatic heterocycles. The van der Waals surface area contributed by atoms with E-state index in [4.69, 9.17) is 21.1 Å². The Kier molecular flexibility index (Phi) is 6.36. The highest BCUT2D eigenvalue weighted by atomic mass is 35.5. The van der Waals surface area contributed by atoms with E-state index in [9.17, 15) is 13.2 Å². The van der Waals surface area contributed by atoms with E-state index >= 15 is 0 Å². The summed E-state index contributed by atoms with van der Waals surface area (Å²) in [6.07, 6.45) is -1.06. The van der Waals surface area contributed by atoms with Crippen molar-refractivity contribution < 1.29 is 22.7 Å². The van der Waals surface area contributed by atoms with Crippen LogP contribution in [0.4, 0.5) is 11.4 Å². The van der Waals surface area contributed by atoms with Gasteiger partial charge in [-0.1, -0.05) is 41.9 Å². The molecule has 1 heterocycles. The van der Waals surface area contributed by atoms with E-state index in [0.29, 0.717) is 17.3 Å². The summed E-state index contributed by atoms with van der Waals surface area (Å²) >= 11 is 6.12. The van der Waals surface area contributed by atoms with Gasteiger partial charge in [-0.25, -0.2) is 8.42 Å². The second-order valence-electron chi connectivity index (χ2n) is 7.19. The van der Waals surface area contributed by atoms with Crippen LogP contribution in [-0.2, 0) is 26.2 Å². The van der Waals surface area contributed by atoms with Gasteiger partial charge in [-0.2, -0.15) is 0 Å². The van der Waals surface area contributed by atoms with Crippen molar-refractivity contribution in [3.8, 4) is 5.75 Å². The van der Waals surface area contributed by atoms with Crippen LogP contribution in [0.1, 0.15) is 5.56 Å². The molecule has 0 bridgehead atoms. The van der Waals surface area contributed by atoms with Crippen LogP contribution in [0.15, 0.2) is 77.7 Å². The van der Waals surface area contributed by atoms with Crippen molar-refractivity contribution in [2.45, 2.75) is 17.6 Å². The molecule has 1 aliphatic rings. The van der Waals surface area contributed by atoms with Crippen molar-refractivity contribution in [3.05, 3.63) is 83.4 Å². The minimum Gasteiger partial charge on any atom is -0.476 e. The average molecular weight is 473 g/mol. The molecule has 0 radical (unpaired) electrons. The van der Waals surface area contributed by atoms with E-state index in [-0.39, 0.29) is 22.9 Å². The second-order valence-corrected chi connectivity index (χ2v) is 9.49. The van der Waals surface area contributed by atoms with Gasteiger partial charge in [0.1, 0.15) is 5.75 Å². The van der Waals surface area contributed by atoms with Gasteiger partial charge in [-0.3, -0.25) is 9.10 Å². The number of hydrogen-bond acceptors (Lipinski definition) is 5. The molecule has 0 unspecified atom stereocenters. The Bertz CT molecular complexity index is 1230. The van der Waals surface area contributed by atoms with E-state index in [1.807, 2.05) is 6.07 Å². The van der Waals surface area contributed by atoms with E-state index in [1.54, 1.807) is 55.6 Å². The van der Waals surface area contributed by atoms with E-state index in [0.717, 1.165) is 5.56 Å². The molecule has 0 aliphatic carbocycles. The van der Waals surface area contributed by atoms with Gasteiger partial charge in [-0.05, 0) is 48.0 Å². The number of nitrogens with one attached hydrogen (secondary N) is 1. The number of methoxy groups -OCH3 is 1. The topological polar surface area (TPSA) is 84.9 Å². The molecule has 7 nitrogen and oxygen atoms in total. The average Bonchev–Trinajstić information content (AvgIpc) is 2.79. The molecule has 3 aromatic rings. The number of rotatable bonds is 6. The van der Waals surface area contributed by atoms with Crippen LogP contribution in [0.25, 0.3) is 0 Å². The Morgan fingerprint density at radius 3 is 2.66 bits per heavy atom. The van der Waals surface area contributed by atoms with Crippen molar-refractivity contribution in [1.29, 1.82) is 0 Å². The number of ether oxygens (including phenoxy) is 2. The number of sulfonamides is 1. The Morgan fingerprint density at radius 1 is 1.12 bits per heavy atom. The lowest BCUT2D eigenvalue weighted by atomic mass is 10.2. The molecule has 0 spiro atoms. The van der Waals surface area contributed by atoms with Crippen LogP contribution in [0.3, 0.4) is 0 Å². The molecule has 0 saturated carbocycles. The summed E-state index contributed by atoms with van der Waals surface area (Å²) < 4.78 is 38.9. The second kappa shape index (κ2) is 9.20. The largest absolute Gasteiger partial charge is 0.476 e. The number of halogens is 1. The summed E-state index contributed by atoms with van der Waals surface area (Å²) in [5, 5.41) is 3.16. The molecule has 1 amide bonds. The van der Waals surface area contributed by atoms with Crippen LogP contribution in [0.2, 0.25) is 5.02 Å². The first-order valence-electron chi connectivity index (χ1n) is 9.81. The maximum atomic E-state index is 13.4. The minimum atomic E-state index is -3.95. The minimum absolute atomic E-state index is 0.110. The van der Waals surface area contributed by atoms with Crippen LogP contribution >= 0.6 is 11.6 Å². The van der Waals surface area contributed by atoms with E-state index < -0.39 is 22.0 Å². The number of nitrogens with zero attached hydrogens (tertiary/aromatic N) is 1.